The van der Waals surface area contributed by atoms with E-state index in [1.165, 1.54) is 12.2 Å². The SMILES string of the molecule is OC1(O)C=CC(=C2C=CC=CC2=P)C=C1. The van der Waals surface area contributed by atoms with Crippen LogP contribution < -0.4 is 0 Å². The molecule has 3 heteroatoms. The Morgan fingerprint density at radius 1 is 0.933 bits per heavy atom. The predicted octanol–water partition coefficient (Wildman–Crippen LogP) is 1.53. The third-order valence-electron chi connectivity index (χ3n) is 2.25. The van der Waals surface area contributed by atoms with Crippen molar-refractivity contribution < 1.29 is 10.2 Å². The van der Waals surface area contributed by atoms with E-state index in [0.717, 1.165) is 16.4 Å². The van der Waals surface area contributed by atoms with Crippen LogP contribution in [0.2, 0.25) is 0 Å². The van der Waals surface area contributed by atoms with E-state index in [4.69, 9.17) is 0 Å². The Bertz CT molecular complexity index is 430. The van der Waals surface area contributed by atoms with Crippen molar-refractivity contribution >= 4 is 14.2 Å². The second-order valence-electron chi connectivity index (χ2n) is 3.45. The fourth-order valence-electron chi connectivity index (χ4n) is 1.45. The molecule has 2 rings (SSSR count). The van der Waals surface area contributed by atoms with Gasteiger partial charge in [0.15, 0.2) is 0 Å². The Morgan fingerprint density at radius 2 is 1.53 bits per heavy atom. The fourth-order valence-corrected chi connectivity index (χ4v) is 1.77. The Balaban J connectivity index is 2.38. The molecule has 0 aromatic rings. The number of rotatable bonds is 0. The first-order chi connectivity index (χ1) is 7.08. The van der Waals surface area contributed by atoms with Gasteiger partial charge in [-0.1, -0.05) is 36.5 Å². The molecule has 2 aliphatic rings. The lowest BCUT2D eigenvalue weighted by Gasteiger charge is -2.18. The number of hydrogen-bond donors (Lipinski definition) is 2. The van der Waals surface area contributed by atoms with Crippen LogP contribution in [0.25, 0.3) is 0 Å². The molecule has 0 aliphatic heterocycles. The molecule has 0 atom stereocenters. The van der Waals surface area contributed by atoms with Gasteiger partial charge in [-0.05, 0) is 23.3 Å². The lowest BCUT2D eigenvalue weighted by atomic mass is 9.96. The van der Waals surface area contributed by atoms with E-state index in [9.17, 15) is 10.2 Å². The second-order valence-corrected chi connectivity index (χ2v) is 3.99. The van der Waals surface area contributed by atoms with Crippen molar-refractivity contribution in [2.24, 2.45) is 0 Å². The van der Waals surface area contributed by atoms with Gasteiger partial charge in [-0.15, -0.1) is 8.86 Å². The van der Waals surface area contributed by atoms with Gasteiger partial charge in [0.2, 0.25) is 5.79 Å². The van der Waals surface area contributed by atoms with E-state index >= 15 is 0 Å². The Kier molecular flexibility index (Phi) is 2.57. The van der Waals surface area contributed by atoms with Crippen molar-refractivity contribution in [1.82, 2.24) is 0 Å². The van der Waals surface area contributed by atoms with E-state index in [1.807, 2.05) is 24.3 Å². The molecule has 0 saturated carbocycles. The largest absolute Gasteiger partial charge is 0.359 e. The topological polar surface area (TPSA) is 40.5 Å². The third kappa shape index (κ3) is 2.24. The molecule has 15 heavy (non-hydrogen) atoms. The highest BCUT2D eigenvalue weighted by Crippen LogP contribution is 2.22. The van der Waals surface area contributed by atoms with Crippen LogP contribution in [0.15, 0.2) is 59.8 Å². The van der Waals surface area contributed by atoms with Gasteiger partial charge < -0.3 is 10.2 Å². The number of allylic oxidation sites excluding steroid dienone is 8. The summed E-state index contributed by atoms with van der Waals surface area (Å²) in [6.07, 6.45) is 13.9. The highest BCUT2D eigenvalue weighted by Gasteiger charge is 2.18. The van der Waals surface area contributed by atoms with E-state index in [0.29, 0.717) is 0 Å². The molecule has 2 aliphatic carbocycles. The van der Waals surface area contributed by atoms with E-state index in [2.05, 4.69) is 8.86 Å². The molecule has 0 bridgehead atoms. The minimum atomic E-state index is -1.82. The Hall–Kier alpha value is -1.21. The lowest BCUT2D eigenvalue weighted by molar-refractivity contribution is -0.0747. The average molecular weight is 218 g/mol. The fraction of sp³-hybridized carbons (Fsp3) is 0.0833. The first kappa shape index (κ1) is 10.3. The molecular weight excluding hydrogens is 207 g/mol. The van der Waals surface area contributed by atoms with Crippen molar-refractivity contribution in [1.29, 1.82) is 0 Å². The van der Waals surface area contributed by atoms with E-state index < -0.39 is 5.79 Å². The maximum Gasteiger partial charge on any atom is 0.203 e. The van der Waals surface area contributed by atoms with Crippen LogP contribution in [-0.2, 0) is 0 Å². The van der Waals surface area contributed by atoms with E-state index in [1.54, 1.807) is 12.2 Å². The molecule has 76 valence electrons. The average Bonchev–Trinajstić information content (AvgIpc) is 2.19. The smallest absolute Gasteiger partial charge is 0.203 e. The summed E-state index contributed by atoms with van der Waals surface area (Å²) in [6, 6.07) is 0. The van der Waals surface area contributed by atoms with Crippen molar-refractivity contribution in [3.63, 3.8) is 0 Å². The molecule has 0 saturated heterocycles. The first-order valence-electron chi connectivity index (χ1n) is 4.60. The van der Waals surface area contributed by atoms with Gasteiger partial charge in [-0.3, -0.25) is 0 Å². The van der Waals surface area contributed by atoms with Crippen LogP contribution in [-0.4, -0.2) is 21.3 Å². The summed E-state index contributed by atoms with van der Waals surface area (Å²) >= 11 is 0. The lowest BCUT2D eigenvalue weighted by Crippen LogP contribution is -2.23. The second kappa shape index (κ2) is 3.74. The summed E-state index contributed by atoms with van der Waals surface area (Å²) < 4.78 is 0. The monoisotopic (exact) mass is 218 g/mol. The van der Waals surface area contributed by atoms with Gasteiger partial charge in [0.1, 0.15) is 0 Å². The number of hydrogen-bond acceptors (Lipinski definition) is 2. The van der Waals surface area contributed by atoms with Crippen molar-refractivity contribution in [3.8, 4) is 0 Å². The standard InChI is InChI=1S/C12H11O2P/c13-12(14)7-5-9(6-8-12)10-3-1-2-4-11(10)15/h1-8,13-15H. The minimum absolute atomic E-state index is 0.944. The Labute approximate surface area is 90.5 Å². The number of aliphatic hydroxyl groups is 2. The minimum Gasteiger partial charge on any atom is -0.359 e. The summed E-state index contributed by atoms with van der Waals surface area (Å²) in [5.41, 5.74) is 1.97. The molecule has 0 aromatic carbocycles. The maximum absolute atomic E-state index is 9.26. The summed E-state index contributed by atoms with van der Waals surface area (Å²) in [5, 5.41) is 19.5. The van der Waals surface area contributed by atoms with Gasteiger partial charge in [0, 0.05) is 5.29 Å². The maximum atomic E-state index is 9.26. The van der Waals surface area contributed by atoms with E-state index in [-0.39, 0.29) is 0 Å². The molecule has 0 heterocycles. The van der Waals surface area contributed by atoms with Gasteiger partial charge in [0.25, 0.3) is 0 Å². The first-order valence-corrected chi connectivity index (χ1v) is 5.10. The summed E-state index contributed by atoms with van der Waals surface area (Å²) in [5.74, 6) is -1.82. The quantitative estimate of drug-likeness (QED) is 0.478. The zero-order chi connectivity index (χ0) is 10.9. The molecule has 2 N–H and O–H groups in total. The van der Waals surface area contributed by atoms with Crippen LogP contribution in [0.4, 0.5) is 0 Å². The molecule has 2 nitrogen and oxygen atoms in total. The van der Waals surface area contributed by atoms with Crippen LogP contribution in [0, 0.1) is 0 Å². The predicted molar refractivity (Wildman–Crippen MR) is 64.1 cm³/mol. The molecule has 0 amide bonds. The van der Waals surface area contributed by atoms with Crippen LogP contribution in [0.5, 0.6) is 0 Å². The van der Waals surface area contributed by atoms with Gasteiger partial charge in [0.05, 0.1) is 0 Å². The molecule has 0 radical (unpaired) electrons. The van der Waals surface area contributed by atoms with Crippen molar-refractivity contribution in [2.75, 3.05) is 0 Å². The van der Waals surface area contributed by atoms with Crippen LogP contribution >= 0.6 is 8.86 Å². The summed E-state index contributed by atoms with van der Waals surface area (Å²) in [6.45, 7) is 0. The van der Waals surface area contributed by atoms with Gasteiger partial charge in [-0.25, -0.2) is 0 Å². The zero-order valence-electron chi connectivity index (χ0n) is 8.01. The van der Waals surface area contributed by atoms with Gasteiger partial charge in [-0.2, -0.15) is 0 Å². The van der Waals surface area contributed by atoms with Crippen LogP contribution in [0.3, 0.4) is 0 Å². The Morgan fingerprint density at radius 3 is 2.13 bits per heavy atom. The molecular formula is C12H11O2P. The highest BCUT2D eigenvalue weighted by atomic mass is 31.0. The summed E-state index contributed by atoms with van der Waals surface area (Å²) in [7, 11) is 3.50. The molecule has 0 spiro atoms. The van der Waals surface area contributed by atoms with Crippen molar-refractivity contribution in [2.45, 2.75) is 5.79 Å². The molecule has 0 unspecified atom stereocenters. The molecule has 0 fully saturated rings. The third-order valence-corrected chi connectivity index (χ3v) is 2.69. The van der Waals surface area contributed by atoms with Crippen molar-refractivity contribution in [3.05, 3.63) is 59.8 Å². The normalized spacial score (nSPS) is 22.7. The van der Waals surface area contributed by atoms with Gasteiger partial charge >= 0.3 is 0 Å². The molecule has 0 aromatic heterocycles. The highest BCUT2D eigenvalue weighted by molar-refractivity contribution is 7.23. The zero-order valence-corrected chi connectivity index (χ0v) is 9.01. The van der Waals surface area contributed by atoms with Crippen LogP contribution in [0.1, 0.15) is 0 Å². The summed E-state index contributed by atoms with van der Waals surface area (Å²) in [4.78, 5) is 0.